The van der Waals surface area contributed by atoms with Crippen molar-refractivity contribution in [1.82, 2.24) is 0 Å². The lowest BCUT2D eigenvalue weighted by molar-refractivity contribution is 0.482. The summed E-state index contributed by atoms with van der Waals surface area (Å²) >= 11 is 0. The standard InChI is InChI=1S/C36H34N8O6S2/c1-17-13-21(14-18(2)31(17)41-43-33-27(37)23-9-5-7-11-25(23)35(29(33)39)51(45,46)47)22-15-19(3)32(20(4)16-22)42-44-34-28(38)24-10-6-8-12-26(24)36(30(34)40)52(48,49)50/h5-16H,37-40H2,1-4H3,(H,45,46,47)(H,48,49,50). The lowest BCUT2D eigenvalue weighted by Crippen LogP contribution is -2.06. The molecule has 6 aromatic carbocycles. The predicted octanol–water partition coefficient (Wildman–Crippen LogP) is 8.55. The van der Waals surface area contributed by atoms with Crippen LogP contribution in [0.1, 0.15) is 22.3 Å². The van der Waals surface area contributed by atoms with Crippen LogP contribution in [0.25, 0.3) is 32.7 Å². The highest BCUT2D eigenvalue weighted by Gasteiger charge is 2.26. The van der Waals surface area contributed by atoms with E-state index in [1.54, 1.807) is 36.4 Å². The van der Waals surface area contributed by atoms with Crippen LogP contribution in [0, 0.1) is 27.7 Å². The molecule has 0 aromatic heterocycles. The van der Waals surface area contributed by atoms with Gasteiger partial charge >= 0.3 is 0 Å². The SMILES string of the molecule is Cc1cc(-c2cc(C)c(N=Nc3c(N)c(S(=O)(=O)O)c4ccccc4c3N)c(C)c2)cc(C)c1N=Nc1c(N)c(S(=O)(=O)O)c2ccccc2c1N. The second-order valence-electron chi connectivity index (χ2n) is 12.4. The smallest absolute Gasteiger partial charge is 0.297 e. The number of anilines is 4. The molecule has 6 rings (SSSR count). The van der Waals surface area contributed by atoms with Crippen LogP contribution >= 0.6 is 0 Å². The third kappa shape index (κ3) is 6.28. The van der Waals surface area contributed by atoms with Crippen LogP contribution in [0.15, 0.2) is 103 Å². The molecule has 0 aliphatic carbocycles. The van der Waals surface area contributed by atoms with Crippen molar-refractivity contribution in [1.29, 1.82) is 0 Å². The zero-order chi connectivity index (χ0) is 37.9. The third-order valence-corrected chi connectivity index (χ3v) is 10.7. The molecule has 10 N–H and O–H groups in total. The van der Waals surface area contributed by atoms with E-state index in [0.717, 1.165) is 33.4 Å². The fraction of sp³-hybridized carbons (Fsp3) is 0.111. The van der Waals surface area contributed by atoms with Gasteiger partial charge in [-0.15, -0.1) is 20.5 Å². The minimum absolute atomic E-state index is 0.0772. The van der Waals surface area contributed by atoms with E-state index in [9.17, 15) is 25.9 Å². The molecular weight excluding hydrogens is 705 g/mol. The summed E-state index contributed by atoms with van der Waals surface area (Å²) in [4.78, 5) is -0.980. The van der Waals surface area contributed by atoms with Crippen molar-refractivity contribution in [3.05, 3.63) is 95.1 Å². The first kappa shape index (κ1) is 35.9. The van der Waals surface area contributed by atoms with E-state index in [0.29, 0.717) is 22.1 Å². The maximum atomic E-state index is 12.3. The highest BCUT2D eigenvalue weighted by atomic mass is 32.2. The minimum atomic E-state index is -4.72. The van der Waals surface area contributed by atoms with Crippen molar-refractivity contribution in [2.24, 2.45) is 20.5 Å². The van der Waals surface area contributed by atoms with Crippen LogP contribution < -0.4 is 22.9 Å². The maximum absolute atomic E-state index is 12.3. The summed E-state index contributed by atoms with van der Waals surface area (Å²) in [5.41, 5.74) is 30.3. The van der Waals surface area contributed by atoms with Gasteiger partial charge in [-0.1, -0.05) is 48.5 Å². The molecule has 0 aliphatic heterocycles. The van der Waals surface area contributed by atoms with Gasteiger partial charge in [-0.3, -0.25) is 9.11 Å². The summed E-state index contributed by atoms with van der Waals surface area (Å²) in [7, 11) is -9.44. The fourth-order valence-corrected chi connectivity index (χ4v) is 8.08. The summed E-state index contributed by atoms with van der Waals surface area (Å²) in [5.74, 6) is 0. The molecule has 16 heteroatoms. The van der Waals surface area contributed by atoms with Crippen molar-refractivity contribution >= 4 is 87.3 Å². The van der Waals surface area contributed by atoms with Crippen molar-refractivity contribution in [2.75, 3.05) is 22.9 Å². The number of nitrogens with zero attached hydrogens (tertiary/aromatic N) is 4. The number of hydrogen-bond donors (Lipinski definition) is 6. The quantitative estimate of drug-likeness (QED) is 0.0516. The number of nitrogens with two attached hydrogens (primary N) is 4. The zero-order valence-electron chi connectivity index (χ0n) is 28.4. The molecule has 0 saturated heterocycles. The second-order valence-corrected chi connectivity index (χ2v) is 15.1. The van der Waals surface area contributed by atoms with Crippen LogP contribution in [-0.2, 0) is 20.2 Å². The molecule has 14 nitrogen and oxygen atoms in total. The van der Waals surface area contributed by atoms with Gasteiger partial charge in [-0.05, 0) is 85.3 Å². The Kier molecular flexibility index (Phi) is 8.96. The van der Waals surface area contributed by atoms with E-state index in [-0.39, 0.29) is 44.9 Å². The lowest BCUT2D eigenvalue weighted by atomic mass is 9.95. The van der Waals surface area contributed by atoms with E-state index >= 15 is 0 Å². The van der Waals surface area contributed by atoms with Crippen molar-refractivity contribution < 1.29 is 25.9 Å². The number of benzene rings is 6. The normalized spacial score (nSPS) is 12.5. The van der Waals surface area contributed by atoms with E-state index in [4.69, 9.17) is 22.9 Å². The van der Waals surface area contributed by atoms with Crippen LogP contribution in [0.2, 0.25) is 0 Å². The molecule has 0 unspecified atom stereocenters. The molecule has 0 fully saturated rings. The Morgan fingerprint density at radius 2 is 0.712 bits per heavy atom. The van der Waals surface area contributed by atoms with Crippen molar-refractivity contribution in [2.45, 2.75) is 37.5 Å². The molecule has 0 saturated carbocycles. The zero-order valence-corrected chi connectivity index (χ0v) is 30.0. The number of fused-ring (bicyclic) bond motifs is 2. The minimum Gasteiger partial charge on any atom is -0.396 e. The van der Waals surface area contributed by atoms with E-state index < -0.39 is 30.0 Å². The highest BCUT2D eigenvalue weighted by molar-refractivity contribution is 7.86. The molecule has 0 spiro atoms. The molecule has 0 aliphatic rings. The largest absolute Gasteiger partial charge is 0.396 e. The highest BCUT2D eigenvalue weighted by Crippen LogP contribution is 2.45. The van der Waals surface area contributed by atoms with Crippen LogP contribution in [0.3, 0.4) is 0 Å². The first-order chi connectivity index (χ1) is 24.4. The number of nitrogen functional groups attached to an aromatic ring is 4. The molecule has 0 bridgehead atoms. The van der Waals surface area contributed by atoms with Gasteiger partial charge in [0, 0.05) is 21.5 Å². The van der Waals surface area contributed by atoms with Gasteiger partial charge in [-0.25, -0.2) is 0 Å². The number of hydrogen-bond acceptors (Lipinski definition) is 12. The second kappa shape index (κ2) is 13.0. The third-order valence-electron chi connectivity index (χ3n) is 8.76. The van der Waals surface area contributed by atoms with Gasteiger partial charge in [0.2, 0.25) is 0 Å². The Labute approximate surface area is 299 Å². The average molecular weight is 739 g/mol. The summed E-state index contributed by atoms with van der Waals surface area (Å²) in [6.07, 6.45) is 0. The molecule has 52 heavy (non-hydrogen) atoms. The average Bonchev–Trinajstić information content (AvgIpc) is 3.05. The molecule has 0 radical (unpaired) electrons. The summed E-state index contributed by atoms with van der Waals surface area (Å²) < 4.78 is 69.0. The molecule has 0 heterocycles. The molecule has 6 aromatic rings. The fourth-order valence-electron chi connectivity index (χ4n) is 6.41. The number of aryl methyl sites for hydroxylation is 4. The first-order valence-electron chi connectivity index (χ1n) is 15.6. The van der Waals surface area contributed by atoms with Crippen LogP contribution in [0.5, 0.6) is 0 Å². The van der Waals surface area contributed by atoms with Crippen LogP contribution in [0.4, 0.5) is 45.5 Å². The van der Waals surface area contributed by atoms with Gasteiger partial charge in [0.05, 0.1) is 34.1 Å². The Bertz CT molecular complexity index is 2550. The first-order valence-corrected chi connectivity index (χ1v) is 18.5. The van der Waals surface area contributed by atoms with Crippen molar-refractivity contribution in [3.8, 4) is 11.1 Å². The summed E-state index contributed by atoms with van der Waals surface area (Å²) in [6.45, 7) is 7.40. The maximum Gasteiger partial charge on any atom is 0.297 e. The van der Waals surface area contributed by atoms with Gasteiger partial charge in [0.15, 0.2) is 0 Å². The molecule has 0 amide bonds. The van der Waals surface area contributed by atoms with Crippen LogP contribution in [-0.4, -0.2) is 25.9 Å². The summed E-state index contributed by atoms with van der Waals surface area (Å²) in [6, 6.07) is 20.4. The molecule has 266 valence electrons. The predicted molar refractivity (Wildman–Crippen MR) is 204 cm³/mol. The monoisotopic (exact) mass is 738 g/mol. The Morgan fingerprint density at radius 3 is 1.00 bits per heavy atom. The van der Waals surface area contributed by atoms with E-state index in [2.05, 4.69) is 20.5 Å². The van der Waals surface area contributed by atoms with Gasteiger partial charge in [0.1, 0.15) is 21.2 Å². The Morgan fingerprint density at radius 1 is 0.442 bits per heavy atom. The summed E-state index contributed by atoms with van der Waals surface area (Å²) in [5, 5.41) is 18.4. The van der Waals surface area contributed by atoms with Gasteiger partial charge < -0.3 is 22.9 Å². The lowest BCUT2D eigenvalue weighted by Gasteiger charge is -2.14. The van der Waals surface area contributed by atoms with Crippen molar-refractivity contribution in [3.63, 3.8) is 0 Å². The number of rotatable bonds is 7. The van der Waals surface area contributed by atoms with E-state index in [1.165, 1.54) is 12.1 Å². The molecular formula is C36H34N8O6S2. The topological polar surface area (TPSA) is 262 Å². The van der Waals surface area contributed by atoms with Gasteiger partial charge in [-0.2, -0.15) is 16.8 Å². The van der Waals surface area contributed by atoms with Gasteiger partial charge in [0.25, 0.3) is 20.2 Å². The van der Waals surface area contributed by atoms with E-state index in [1.807, 2.05) is 52.0 Å². The number of azo groups is 2. The molecule has 0 atom stereocenters. The Balaban J connectivity index is 1.37. The Hall–Kier alpha value is -5.94.